The van der Waals surface area contributed by atoms with Crippen LogP contribution in [0.4, 0.5) is 29.2 Å². The first-order valence-electron chi connectivity index (χ1n) is 11.7. The lowest BCUT2D eigenvalue weighted by Gasteiger charge is -2.27. The first-order valence-corrected chi connectivity index (χ1v) is 11.7. The maximum absolute atomic E-state index is 14.8. The molecule has 1 aliphatic rings. The molecule has 0 saturated carbocycles. The van der Waals surface area contributed by atoms with Crippen molar-refractivity contribution in [3.8, 4) is 11.3 Å². The van der Waals surface area contributed by atoms with Gasteiger partial charge in [-0.05, 0) is 44.2 Å². The van der Waals surface area contributed by atoms with E-state index in [1.165, 1.54) is 0 Å². The number of morpholine rings is 1. The Balaban J connectivity index is 0.000000494. The molecule has 2 aromatic heterocycles. The number of ether oxygens (including phenoxy) is 1. The molecular weight excluding hydrogens is 504 g/mol. The SMILES string of the molecule is CC(=Nc1c(C=O)nc(N2CCOCC2)nc1-c1ccc(C(F)(F)F)cc1F)N(C)C.Cc1ccccn1. The number of nitrogens with zero attached hydrogens (tertiary/aromatic N) is 6. The molecule has 3 heterocycles. The molecule has 1 aliphatic heterocycles. The summed E-state index contributed by atoms with van der Waals surface area (Å²) in [5.41, 5.74) is -0.433. The fourth-order valence-electron chi connectivity index (χ4n) is 3.34. The van der Waals surface area contributed by atoms with Crippen molar-refractivity contribution in [2.75, 3.05) is 45.3 Å². The summed E-state index contributed by atoms with van der Waals surface area (Å²) in [6.45, 7) is 5.38. The van der Waals surface area contributed by atoms with Gasteiger partial charge in [0.15, 0.2) is 6.29 Å². The predicted molar refractivity (Wildman–Crippen MR) is 136 cm³/mol. The standard InChI is InChI=1S/C20H21F4N5O2.C6H7N/c1-12(28(2)3)25-18-16(11-30)26-19(29-6-8-31-9-7-29)27-17(18)14-5-4-13(10-15(14)21)20(22,23)24;1-6-4-2-3-5-7-6/h4-5,10-11H,6-9H2,1-3H3;2-5H,1H3. The molecule has 0 unspecified atom stereocenters. The lowest BCUT2D eigenvalue weighted by Crippen LogP contribution is -2.37. The summed E-state index contributed by atoms with van der Waals surface area (Å²) < 4.78 is 59.1. The molecule has 0 amide bonds. The minimum Gasteiger partial charge on any atom is -0.378 e. The monoisotopic (exact) mass is 532 g/mol. The number of carbonyl (C=O) groups excluding carboxylic acids is 1. The predicted octanol–water partition coefficient (Wildman–Crippen LogP) is 4.95. The minimum atomic E-state index is -4.69. The molecule has 0 N–H and O–H groups in total. The molecular formula is C26H28F4N6O2. The highest BCUT2D eigenvalue weighted by molar-refractivity contribution is 5.93. The number of pyridine rings is 1. The Labute approximate surface area is 218 Å². The van der Waals surface area contributed by atoms with Crippen molar-refractivity contribution in [1.29, 1.82) is 0 Å². The van der Waals surface area contributed by atoms with Crippen molar-refractivity contribution >= 4 is 23.8 Å². The molecule has 4 rings (SSSR count). The fourth-order valence-corrected chi connectivity index (χ4v) is 3.34. The number of hydrogen-bond acceptors (Lipinski definition) is 7. The largest absolute Gasteiger partial charge is 0.416 e. The normalized spacial score (nSPS) is 14.0. The van der Waals surface area contributed by atoms with E-state index in [9.17, 15) is 22.4 Å². The molecule has 12 heteroatoms. The van der Waals surface area contributed by atoms with Crippen LogP contribution in [0.15, 0.2) is 47.6 Å². The second-order valence-electron chi connectivity index (χ2n) is 8.54. The molecule has 0 radical (unpaired) electrons. The van der Waals surface area contributed by atoms with Crippen LogP contribution in [-0.4, -0.2) is 72.4 Å². The molecule has 0 atom stereocenters. The summed E-state index contributed by atoms with van der Waals surface area (Å²) in [4.78, 5) is 32.2. The van der Waals surface area contributed by atoms with E-state index < -0.39 is 17.6 Å². The molecule has 202 valence electrons. The van der Waals surface area contributed by atoms with E-state index in [0.717, 1.165) is 17.8 Å². The minimum absolute atomic E-state index is 0.0168. The number of rotatable bonds is 4. The van der Waals surface area contributed by atoms with Crippen LogP contribution >= 0.6 is 0 Å². The van der Waals surface area contributed by atoms with Gasteiger partial charge in [0.05, 0.1) is 18.8 Å². The maximum Gasteiger partial charge on any atom is 0.416 e. The van der Waals surface area contributed by atoms with Gasteiger partial charge in [-0.3, -0.25) is 9.78 Å². The second kappa shape index (κ2) is 12.5. The van der Waals surface area contributed by atoms with Gasteiger partial charge in [-0.15, -0.1) is 0 Å². The summed E-state index contributed by atoms with van der Waals surface area (Å²) in [7, 11) is 3.45. The number of halogens is 4. The molecule has 0 aliphatic carbocycles. The molecule has 1 saturated heterocycles. The smallest absolute Gasteiger partial charge is 0.378 e. The molecule has 38 heavy (non-hydrogen) atoms. The number of benzene rings is 1. The highest BCUT2D eigenvalue weighted by atomic mass is 19.4. The summed E-state index contributed by atoms with van der Waals surface area (Å²) in [5, 5.41) is 0. The Morgan fingerprint density at radius 3 is 2.34 bits per heavy atom. The van der Waals surface area contributed by atoms with Crippen molar-refractivity contribution in [3.05, 3.63) is 65.4 Å². The Morgan fingerprint density at radius 1 is 1.13 bits per heavy atom. The number of amidine groups is 1. The van der Waals surface area contributed by atoms with E-state index >= 15 is 0 Å². The zero-order valence-electron chi connectivity index (χ0n) is 21.5. The van der Waals surface area contributed by atoms with E-state index in [-0.39, 0.29) is 28.6 Å². The Bertz CT molecular complexity index is 1280. The Kier molecular flexibility index (Phi) is 9.45. The quantitative estimate of drug-likeness (QED) is 0.203. The average Bonchev–Trinajstić information content (AvgIpc) is 2.89. The third kappa shape index (κ3) is 7.31. The van der Waals surface area contributed by atoms with Crippen LogP contribution in [0, 0.1) is 12.7 Å². The third-order valence-electron chi connectivity index (χ3n) is 5.59. The van der Waals surface area contributed by atoms with Crippen LogP contribution < -0.4 is 4.90 Å². The number of aliphatic imine (C=N–C) groups is 1. The second-order valence-corrected chi connectivity index (χ2v) is 8.54. The molecule has 1 fully saturated rings. The lowest BCUT2D eigenvalue weighted by atomic mass is 10.1. The van der Waals surface area contributed by atoms with Gasteiger partial charge in [-0.25, -0.2) is 19.4 Å². The van der Waals surface area contributed by atoms with Crippen molar-refractivity contribution in [2.24, 2.45) is 4.99 Å². The summed E-state index contributed by atoms with van der Waals surface area (Å²) in [5.74, 6) is -0.502. The van der Waals surface area contributed by atoms with E-state index in [2.05, 4.69) is 19.9 Å². The van der Waals surface area contributed by atoms with Crippen LogP contribution in [0.1, 0.15) is 28.7 Å². The summed E-state index contributed by atoms with van der Waals surface area (Å²) in [6.07, 6.45) is -2.44. The van der Waals surface area contributed by atoms with Crippen molar-refractivity contribution < 1.29 is 27.1 Å². The van der Waals surface area contributed by atoms with Crippen LogP contribution in [0.2, 0.25) is 0 Å². The van der Waals surface area contributed by atoms with E-state index in [0.29, 0.717) is 44.5 Å². The fraction of sp³-hybridized carbons (Fsp3) is 0.346. The average molecular weight is 533 g/mol. The Morgan fingerprint density at radius 2 is 1.84 bits per heavy atom. The van der Waals surface area contributed by atoms with Crippen molar-refractivity contribution in [2.45, 2.75) is 20.0 Å². The van der Waals surface area contributed by atoms with Gasteiger partial charge < -0.3 is 14.5 Å². The number of anilines is 1. The van der Waals surface area contributed by atoms with Gasteiger partial charge in [0, 0.05) is 44.6 Å². The van der Waals surface area contributed by atoms with Crippen LogP contribution in [0.5, 0.6) is 0 Å². The van der Waals surface area contributed by atoms with Gasteiger partial charge in [0.25, 0.3) is 0 Å². The third-order valence-corrected chi connectivity index (χ3v) is 5.59. The maximum atomic E-state index is 14.8. The van der Waals surface area contributed by atoms with E-state index in [1.54, 1.807) is 37.0 Å². The van der Waals surface area contributed by atoms with Gasteiger partial charge in [0.2, 0.25) is 5.95 Å². The topological polar surface area (TPSA) is 83.8 Å². The van der Waals surface area contributed by atoms with Gasteiger partial charge in [0.1, 0.15) is 28.7 Å². The molecule has 8 nitrogen and oxygen atoms in total. The summed E-state index contributed by atoms with van der Waals surface area (Å²) >= 11 is 0. The number of aryl methyl sites for hydroxylation is 1. The number of alkyl halides is 3. The Hall–Kier alpha value is -3.93. The number of carbonyl (C=O) groups is 1. The van der Waals surface area contributed by atoms with E-state index in [4.69, 9.17) is 4.74 Å². The molecule has 0 bridgehead atoms. The van der Waals surface area contributed by atoms with Gasteiger partial charge in [-0.1, -0.05) is 6.07 Å². The number of aldehydes is 1. The number of aromatic nitrogens is 3. The highest BCUT2D eigenvalue weighted by Gasteiger charge is 2.32. The van der Waals surface area contributed by atoms with Crippen LogP contribution in [0.25, 0.3) is 11.3 Å². The molecule has 3 aromatic rings. The highest BCUT2D eigenvalue weighted by Crippen LogP contribution is 2.37. The lowest BCUT2D eigenvalue weighted by molar-refractivity contribution is -0.137. The van der Waals surface area contributed by atoms with E-state index in [1.807, 2.05) is 25.1 Å². The first kappa shape index (κ1) is 28.6. The summed E-state index contributed by atoms with van der Waals surface area (Å²) in [6, 6.07) is 8.01. The zero-order valence-corrected chi connectivity index (χ0v) is 21.5. The van der Waals surface area contributed by atoms with Gasteiger partial charge >= 0.3 is 6.18 Å². The van der Waals surface area contributed by atoms with Crippen LogP contribution in [-0.2, 0) is 10.9 Å². The zero-order chi connectivity index (χ0) is 27.9. The molecule has 0 spiro atoms. The van der Waals surface area contributed by atoms with Gasteiger partial charge in [-0.2, -0.15) is 13.2 Å². The first-order chi connectivity index (χ1) is 18.0. The van der Waals surface area contributed by atoms with Crippen molar-refractivity contribution in [3.63, 3.8) is 0 Å². The van der Waals surface area contributed by atoms with Crippen molar-refractivity contribution in [1.82, 2.24) is 19.9 Å². The van der Waals surface area contributed by atoms with Crippen LogP contribution in [0.3, 0.4) is 0 Å². The molecule has 1 aromatic carbocycles. The number of hydrogen-bond donors (Lipinski definition) is 0.